The van der Waals surface area contributed by atoms with Gasteiger partial charge in [0.1, 0.15) is 5.54 Å². The molecule has 182 valence electrons. The lowest BCUT2D eigenvalue weighted by molar-refractivity contribution is 0.220. The van der Waals surface area contributed by atoms with E-state index >= 15 is 0 Å². The SMILES string of the molecule is CS(=O)(=O)OC(CCc1cn(C(c2ccccc2)(c2ccccc2)c2ccccc2)cn1)C(Br)Br. The molecule has 0 saturated carbocycles. The quantitative estimate of drug-likeness (QED) is 0.122. The molecule has 0 spiro atoms. The summed E-state index contributed by atoms with van der Waals surface area (Å²) in [5.41, 5.74) is 3.55. The Morgan fingerprint density at radius 3 is 1.71 bits per heavy atom. The van der Waals surface area contributed by atoms with E-state index in [1.54, 1.807) is 0 Å². The van der Waals surface area contributed by atoms with Crippen molar-refractivity contribution in [3.63, 3.8) is 0 Å². The molecule has 0 saturated heterocycles. The van der Waals surface area contributed by atoms with E-state index in [0.29, 0.717) is 12.8 Å². The predicted molar refractivity (Wildman–Crippen MR) is 147 cm³/mol. The van der Waals surface area contributed by atoms with Gasteiger partial charge in [-0.3, -0.25) is 4.18 Å². The Morgan fingerprint density at radius 1 is 0.857 bits per heavy atom. The summed E-state index contributed by atoms with van der Waals surface area (Å²) >= 11 is 6.79. The molecule has 3 aromatic carbocycles. The summed E-state index contributed by atoms with van der Waals surface area (Å²) in [6.07, 6.45) is 5.43. The van der Waals surface area contributed by atoms with E-state index in [4.69, 9.17) is 9.17 Å². The van der Waals surface area contributed by atoms with Crippen LogP contribution in [0.1, 0.15) is 28.8 Å². The molecule has 1 unspecified atom stereocenters. The lowest BCUT2D eigenvalue weighted by Gasteiger charge is -2.37. The third-order valence-corrected chi connectivity index (χ3v) is 7.64. The summed E-state index contributed by atoms with van der Waals surface area (Å²) in [4.78, 5) is 4.71. The molecule has 4 aromatic rings. The highest BCUT2D eigenvalue weighted by Crippen LogP contribution is 2.40. The standard InChI is InChI=1S/C27H26Br2N2O3S/c1-35(32,33)34-25(26(28)29)18-17-24-19-31(20-30-24)27(21-11-5-2-6-12-21,22-13-7-3-8-14-22)23-15-9-4-10-16-23/h2-16,19-20,25-26H,17-18H2,1H3. The third-order valence-electron chi connectivity index (χ3n) is 5.86. The number of rotatable bonds is 10. The van der Waals surface area contributed by atoms with Crippen molar-refractivity contribution in [3.8, 4) is 0 Å². The predicted octanol–water partition coefficient (Wildman–Crippen LogP) is 6.12. The van der Waals surface area contributed by atoms with E-state index in [-0.39, 0.29) is 3.74 Å². The van der Waals surface area contributed by atoms with Crippen molar-refractivity contribution in [2.24, 2.45) is 0 Å². The first-order valence-electron chi connectivity index (χ1n) is 11.2. The summed E-state index contributed by atoms with van der Waals surface area (Å²) in [7, 11) is -3.58. The van der Waals surface area contributed by atoms with Crippen molar-refractivity contribution in [2.45, 2.75) is 28.2 Å². The molecule has 1 heterocycles. The van der Waals surface area contributed by atoms with Gasteiger partial charge in [-0.25, -0.2) is 4.98 Å². The number of aryl methyl sites for hydroxylation is 1. The molecule has 1 atom stereocenters. The number of halogens is 2. The fourth-order valence-corrected chi connectivity index (χ4v) is 6.08. The van der Waals surface area contributed by atoms with Crippen LogP contribution in [0.5, 0.6) is 0 Å². The van der Waals surface area contributed by atoms with Crippen molar-refractivity contribution in [1.29, 1.82) is 0 Å². The first kappa shape index (κ1) is 25.8. The molecule has 0 aliphatic heterocycles. The summed E-state index contributed by atoms with van der Waals surface area (Å²) in [6, 6.07) is 31.2. The number of alkyl halides is 2. The lowest BCUT2D eigenvalue weighted by atomic mass is 9.77. The van der Waals surface area contributed by atoms with Gasteiger partial charge >= 0.3 is 0 Å². The minimum Gasteiger partial charge on any atom is -0.319 e. The summed E-state index contributed by atoms with van der Waals surface area (Å²) < 4.78 is 30.5. The van der Waals surface area contributed by atoms with Gasteiger partial charge in [0.2, 0.25) is 0 Å². The molecule has 0 radical (unpaired) electrons. The Kier molecular flexibility index (Phi) is 8.27. The molecule has 0 N–H and O–H groups in total. The van der Waals surface area contributed by atoms with Crippen LogP contribution in [0.25, 0.3) is 0 Å². The third kappa shape index (κ3) is 5.94. The van der Waals surface area contributed by atoms with Gasteiger partial charge in [-0.1, -0.05) is 123 Å². The Labute approximate surface area is 223 Å². The molecule has 8 heteroatoms. The molecule has 0 bridgehead atoms. The number of hydrogen-bond acceptors (Lipinski definition) is 4. The van der Waals surface area contributed by atoms with Gasteiger partial charge in [0.25, 0.3) is 10.1 Å². The van der Waals surface area contributed by atoms with Crippen LogP contribution in [0.2, 0.25) is 0 Å². The van der Waals surface area contributed by atoms with Crippen LogP contribution in [-0.4, -0.2) is 34.1 Å². The van der Waals surface area contributed by atoms with E-state index in [9.17, 15) is 8.42 Å². The van der Waals surface area contributed by atoms with Gasteiger partial charge < -0.3 is 4.57 Å². The average Bonchev–Trinajstić information content (AvgIpc) is 3.33. The molecule has 4 rings (SSSR count). The zero-order valence-electron chi connectivity index (χ0n) is 19.2. The van der Waals surface area contributed by atoms with Crippen molar-refractivity contribution in [2.75, 3.05) is 6.26 Å². The second-order valence-electron chi connectivity index (χ2n) is 8.29. The zero-order valence-corrected chi connectivity index (χ0v) is 23.2. The molecule has 0 aliphatic rings. The van der Waals surface area contributed by atoms with E-state index in [1.165, 1.54) is 0 Å². The molecule has 0 amide bonds. The maximum atomic E-state index is 11.7. The van der Waals surface area contributed by atoms with Gasteiger partial charge in [0.15, 0.2) is 0 Å². The van der Waals surface area contributed by atoms with E-state index in [1.807, 2.05) is 67.1 Å². The summed E-state index contributed by atoms with van der Waals surface area (Å²) in [5, 5.41) is 0. The Bertz CT molecular complexity index is 1230. The normalized spacial score (nSPS) is 13.1. The molecule has 35 heavy (non-hydrogen) atoms. The van der Waals surface area contributed by atoms with Gasteiger partial charge in [0, 0.05) is 6.20 Å². The molecule has 5 nitrogen and oxygen atoms in total. The zero-order chi connectivity index (χ0) is 24.9. The van der Waals surface area contributed by atoms with Crippen LogP contribution < -0.4 is 0 Å². The van der Waals surface area contributed by atoms with Crippen molar-refractivity contribution in [1.82, 2.24) is 9.55 Å². The maximum absolute atomic E-state index is 11.7. The molecule has 0 aliphatic carbocycles. The summed E-state index contributed by atoms with van der Waals surface area (Å²) in [5.74, 6) is 0. The Morgan fingerprint density at radius 2 is 1.31 bits per heavy atom. The van der Waals surface area contributed by atoms with Gasteiger partial charge in [-0.15, -0.1) is 0 Å². The number of nitrogens with zero attached hydrogens (tertiary/aromatic N) is 2. The largest absolute Gasteiger partial charge is 0.319 e. The smallest absolute Gasteiger partial charge is 0.264 e. The summed E-state index contributed by atoms with van der Waals surface area (Å²) in [6.45, 7) is 0. The fourth-order valence-electron chi connectivity index (χ4n) is 4.39. The fraction of sp³-hybridized carbons (Fsp3) is 0.222. The van der Waals surface area contributed by atoms with Crippen LogP contribution in [0.3, 0.4) is 0 Å². The number of benzene rings is 3. The second-order valence-corrected chi connectivity index (χ2v) is 13.1. The van der Waals surface area contributed by atoms with Gasteiger partial charge in [-0.05, 0) is 29.5 Å². The van der Waals surface area contributed by atoms with Crippen LogP contribution in [-0.2, 0) is 26.3 Å². The minimum absolute atomic E-state index is 0.302. The van der Waals surface area contributed by atoms with E-state index in [2.05, 4.69) is 72.8 Å². The second kappa shape index (κ2) is 11.2. The van der Waals surface area contributed by atoms with Crippen LogP contribution >= 0.6 is 31.9 Å². The highest BCUT2D eigenvalue weighted by Gasteiger charge is 2.38. The van der Waals surface area contributed by atoms with Gasteiger partial charge in [0.05, 0.1) is 28.1 Å². The number of hydrogen-bond donors (Lipinski definition) is 0. The lowest BCUT2D eigenvalue weighted by Crippen LogP contribution is -2.36. The average molecular weight is 618 g/mol. The highest BCUT2D eigenvalue weighted by molar-refractivity contribution is 9.24. The van der Waals surface area contributed by atoms with Crippen molar-refractivity contribution in [3.05, 3.63) is 126 Å². The Hall–Kier alpha value is -2.26. The van der Waals surface area contributed by atoms with E-state index in [0.717, 1.165) is 28.6 Å². The van der Waals surface area contributed by atoms with Crippen LogP contribution in [0.15, 0.2) is 104 Å². The molecular formula is C27H26Br2N2O3S. The highest BCUT2D eigenvalue weighted by atomic mass is 79.9. The monoisotopic (exact) mass is 616 g/mol. The maximum Gasteiger partial charge on any atom is 0.264 e. The number of aromatic nitrogens is 2. The van der Waals surface area contributed by atoms with Crippen molar-refractivity contribution < 1.29 is 12.6 Å². The molecular weight excluding hydrogens is 592 g/mol. The molecule has 1 aromatic heterocycles. The molecule has 0 fully saturated rings. The number of imidazole rings is 1. The minimum atomic E-state index is -3.58. The first-order chi connectivity index (χ1) is 16.8. The Balaban J connectivity index is 1.79. The van der Waals surface area contributed by atoms with Gasteiger partial charge in [-0.2, -0.15) is 8.42 Å². The van der Waals surface area contributed by atoms with E-state index < -0.39 is 21.8 Å². The van der Waals surface area contributed by atoms with Crippen molar-refractivity contribution >= 4 is 42.0 Å². The topological polar surface area (TPSA) is 61.2 Å². The van der Waals surface area contributed by atoms with Crippen LogP contribution in [0, 0.1) is 0 Å². The van der Waals surface area contributed by atoms with Crippen LogP contribution in [0.4, 0.5) is 0 Å². The first-order valence-corrected chi connectivity index (χ1v) is 14.8.